The summed E-state index contributed by atoms with van der Waals surface area (Å²) in [5, 5.41) is 11.6. The van der Waals surface area contributed by atoms with Crippen LogP contribution in [0.15, 0.2) is 39.2 Å². The average molecular weight is 386 g/mol. The fourth-order valence-electron chi connectivity index (χ4n) is 2.98. The van der Waals surface area contributed by atoms with Crippen LogP contribution in [0.1, 0.15) is 40.2 Å². The number of aromatic amines is 1. The van der Waals surface area contributed by atoms with Gasteiger partial charge < -0.3 is 5.11 Å². The number of nitrogens with one attached hydrogen (secondary N) is 1. The highest BCUT2D eigenvalue weighted by Crippen LogP contribution is 2.32. The predicted octanol–water partition coefficient (Wildman–Crippen LogP) is 3.54. The molecule has 0 saturated carbocycles. The molecule has 0 aliphatic rings. The second-order valence-corrected chi connectivity index (χ2v) is 9.00. The van der Waals surface area contributed by atoms with Gasteiger partial charge in [0.1, 0.15) is 10.4 Å². The van der Waals surface area contributed by atoms with Gasteiger partial charge >= 0.3 is 11.7 Å². The van der Waals surface area contributed by atoms with E-state index < -0.39 is 22.8 Å². The molecule has 6 nitrogen and oxygen atoms in total. The molecule has 0 saturated heterocycles. The van der Waals surface area contributed by atoms with Crippen LogP contribution in [0.25, 0.3) is 21.3 Å². The summed E-state index contributed by atoms with van der Waals surface area (Å²) in [5.74, 6) is -1.25. The maximum Gasteiger partial charge on any atom is 0.330 e. The minimum Gasteiger partial charge on any atom is -0.480 e. The number of thiophene rings is 1. The summed E-state index contributed by atoms with van der Waals surface area (Å²) in [4.78, 5) is 40.1. The van der Waals surface area contributed by atoms with Crippen LogP contribution in [-0.2, 0) is 15.7 Å². The number of hydrogen-bond acceptors (Lipinski definition) is 4. The van der Waals surface area contributed by atoms with Crippen LogP contribution in [0.3, 0.4) is 0 Å². The fraction of sp³-hybridized carbons (Fsp3) is 0.350. The highest BCUT2D eigenvalue weighted by atomic mass is 32.1. The third kappa shape index (κ3) is 3.12. The van der Waals surface area contributed by atoms with Crippen molar-refractivity contribution < 1.29 is 9.90 Å². The molecule has 0 atom stereocenters. The number of benzene rings is 1. The van der Waals surface area contributed by atoms with Gasteiger partial charge in [-0.15, -0.1) is 11.3 Å². The molecule has 142 valence electrons. The van der Waals surface area contributed by atoms with Gasteiger partial charge in [0.15, 0.2) is 0 Å². The average Bonchev–Trinajstić information content (AvgIpc) is 2.97. The smallest absolute Gasteiger partial charge is 0.330 e. The minimum atomic E-state index is -1.66. The lowest BCUT2D eigenvalue weighted by Gasteiger charge is -2.21. The van der Waals surface area contributed by atoms with E-state index in [2.05, 4.69) is 25.8 Å². The number of aliphatic carboxylic acids is 1. The zero-order valence-corrected chi connectivity index (χ0v) is 16.7. The molecule has 3 rings (SSSR count). The molecular formula is C20H22N2O4S. The number of carboxylic acid groups (broad SMARTS) is 1. The van der Waals surface area contributed by atoms with E-state index in [9.17, 15) is 19.5 Å². The number of fused-ring (bicyclic) bond motifs is 1. The van der Waals surface area contributed by atoms with Crippen molar-refractivity contribution in [3.8, 4) is 11.1 Å². The standard InChI is InChI=1S/C20H22N2O4S/c1-19(2,3)12-8-6-11(7-9-12)13-10-27-15-14(13)16(23)22(18(26)21-15)20(4,5)17(24)25/h6-10H,1-5H3,(H,21,26)(H,24,25). The van der Waals surface area contributed by atoms with E-state index >= 15 is 0 Å². The first-order valence-corrected chi connectivity index (χ1v) is 9.44. The van der Waals surface area contributed by atoms with Crippen LogP contribution < -0.4 is 11.2 Å². The predicted molar refractivity (Wildman–Crippen MR) is 108 cm³/mol. The summed E-state index contributed by atoms with van der Waals surface area (Å²) in [6.45, 7) is 9.04. The fourth-order valence-corrected chi connectivity index (χ4v) is 3.94. The van der Waals surface area contributed by atoms with Gasteiger partial charge in [-0.05, 0) is 30.4 Å². The van der Waals surface area contributed by atoms with Crippen molar-refractivity contribution in [1.82, 2.24) is 9.55 Å². The number of hydrogen-bond donors (Lipinski definition) is 2. The van der Waals surface area contributed by atoms with Gasteiger partial charge in [-0.25, -0.2) is 14.2 Å². The summed E-state index contributed by atoms with van der Waals surface area (Å²) >= 11 is 1.26. The van der Waals surface area contributed by atoms with Gasteiger partial charge in [-0.2, -0.15) is 0 Å². The second kappa shape index (κ2) is 6.20. The third-order valence-corrected chi connectivity index (χ3v) is 5.67. The molecule has 0 spiro atoms. The van der Waals surface area contributed by atoms with Gasteiger partial charge in [0.05, 0.1) is 5.39 Å². The molecule has 0 radical (unpaired) electrons. The van der Waals surface area contributed by atoms with Crippen LogP contribution in [-0.4, -0.2) is 20.6 Å². The van der Waals surface area contributed by atoms with E-state index in [1.165, 1.54) is 30.7 Å². The lowest BCUT2D eigenvalue weighted by molar-refractivity contribution is -0.146. The largest absolute Gasteiger partial charge is 0.480 e. The topological polar surface area (TPSA) is 92.2 Å². The summed E-state index contributed by atoms with van der Waals surface area (Å²) < 4.78 is 0.775. The Morgan fingerprint density at radius 3 is 2.19 bits per heavy atom. The lowest BCUT2D eigenvalue weighted by atomic mass is 9.86. The van der Waals surface area contributed by atoms with E-state index in [1.807, 2.05) is 29.6 Å². The Kier molecular flexibility index (Phi) is 4.38. The Balaban J connectivity index is 2.27. The number of nitrogens with zero attached hydrogens (tertiary/aromatic N) is 1. The molecule has 1 aromatic carbocycles. The van der Waals surface area contributed by atoms with Crippen LogP contribution in [0, 0.1) is 0 Å². The Morgan fingerprint density at radius 2 is 1.67 bits per heavy atom. The van der Waals surface area contributed by atoms with Crippen LogP contribution in [0.5, 0.6) is 0 Å². The van der Waals surface area contributed by atoms with Crippen LogP contribution in [0.4, 0.5) is 0 Å². The number of carbonyl (C=O) groups is 1. The molecule has 0 aliphatic heterocycles. The van der Waals surface area contributed by atoms with Gasteiger partial charge in [0.2, 0.25) is 0 Å². The zero-order valence-electron chi connectivity index (χ0n) is 15.9. The van der Waals surface area contributed by atoms with E-state index in [-0.39, 0.29) is 5.41 Å². The molecule has 2 aromatic heterocycles. The molecule has 3 aromatic rings. The summed E-state index contributed by atoms with van der Waals surface area (Å²) in [5.41, 5.74) is -0.269. The molecular weight excluding hydrogens is 364 g/mol. The maximum atomic E-state index is 13.1. The van der Waals surface area contributed by atoms with Gasteiger partial charge in [0, 0.05) is 10.9 Å². The van der Waals surface area contributed by atoms with Crippen molar-refractivity contribution in [3.05, 3.63) is 56.0 Å². The van der Waals surface area contributed by atoms with Crippen molar-refractivity contribution in [2.45, 2.75) is 45.6 Å². The molecule has 0 aliphatic carbocycles. The first-order chi connectivity index (χ1) is 12.4. The van der Waals surface area contributed by atoms with E-state index in [4.69, 9.17) is 0 Å². The zero-order chi connectivity index (χ0) is 20.1. The molecule has 2 heterocycles. The highest BCUT2D eigenvalue weighted by Gasteiger charge is 2.33. The van der Waals surface area contributed by atoms with Crippen molar-refractivity contribution in [1.29, 1.82) is 0 Å². The monoisotopic (exact) mass is 386 g/mol. The Hall–Kier alpha value is -2.67. The Labute approximate surface area is 160 Å². The molecule has 2 N–H and O–H groups in total. The molecule has 7 heteroatoms. The summed E-state index contributed by atoms with van der Waals surface area (Å²) in [6.07, 6.45) is 0. The van der Waals surface area contributed by atoms with Crippen molar-refractivity contribution in [2.24, 2.45) is 0 Å². The lowest BCUT2D eigenvalue weighted by Crippen LogP contribution is -2.50. The SMILES string of the molecule is CC(C)(C)c1ccc(-c2csc3[nH]c(=O)n(C(C)(C)C(=O)O)c(=O)c23)cc1. The first-order valence-electron chi connectivity index (χ1n) is 8.56. The quantitative estimate of drug-likeness (QED) is 0.720. The van der Waals surface area contributed by atoms with Gasteiger partial charge in [0.25, 0.3) is 5.56 Å². The number of H-pyrrole nitrogens is 1. The number of rotatable bonds is 3. The number of carboxylic acids is 1. The molecule has 0 bridgehead atoms. The van der Waals surface area contributed by atoms with Crippen LogP contribution in [0.2, 0.25) is 0 Å². The molecule has 0 fully saturated rings. The normalized spacial score (nSPS) is 12.5. The highest BCUT2D eigenvalue weighted by molar-refractivity contribution is 7.17. The van der Waals surface area contributed by atoms with E-state index in [0.29, 0.717) is 15.8 Å². The third-order valence-electron chi connectivity index (χ3n) is 4.78. The van der Waals surface area contributed by atoms with Gasteiger partial charge in [-0.3, -0.25) is 9.78 Å². The van der Waals surface area contributed by atoms with Crippen molar-refractivity contribution >= 4 is 27.5 Å². The number of aromatic nitrogens is 2. The van der Waals surface area contributed by atoms with Crippen molar-refractivity contribution in [3.63, 3.8) is 0 Å². The molecule has 27 heavy (non-hydrogen) atoms. The summed E-state index contributed by atoms with van der Waals surface area (Å²) in [7, 11) is 0. The Morgan fingerprint density at radius 1 is 1.07 bits per heavy atom. The second-order valence-electron chi connectivity index (χ2n) is 8.12. The molecule has 0 unspecified atom stereocenters. The minimum absolute atomic E-state index is 0.0126. The van der Waals surface area contributed by atoms with Crippen molar-refractivity contribution in [2.75, 3.05) is 0 Å². The van der Waals surface area contributed by atoms with E-state index in [0.717, 1.165) is 10.1 Å². The first kappa shape index (κ1) is 19.1. The summed E-state index contributed by atoms with van der Waals surface area (Å²) in [6, 6.07) is 7.92. The maximum absolute atomic E-state index is 13.1. The Bertz CT molecular complexity index is 1140. The molecule has 0 amide bonds. The van der Waals surface area contributed by atoms with Gasteiger partial charge in [-0.1, -0.05) is 45.0 Å². The van der Waals surface area contributed by atoms with Crippen LogP contribution >= 0.6 is 11.3 Å². The van der Waals surface area contributed by atoms with E-state index in [1.54, 1.807) is 0 Å².